The number of rotatable bonds is 3. The molecule has 3 nitrogen and oxygen atoms in total. The zero-order valence-corrected chi connectivity index (χ0v) is 13.7. The predicted octanol–water partition coefficient (Wildman–Crippen LogP) is 4.59. The van der Waals surface area contributed by atoms with Gasteiger partial charge in [-0.1, -0.05) is 44.5 Å². The lowest BCUT2D eigenvalue weighted by molar-refractivity contribution is 0.458. The molecule has 0 saturated heterocycles. The number of ether oxygens (including phenoxy) is 1. The number of benzene rings is 1. The van der Waals surface area contributed by atoms with E-state index in [1.165, 1.54) is 5.56 Å². The molecule has 0 saturated carbocycles. The van der Waals surface area contributed by atoms with Crippen LogP contribution < -0.4 is 10.5 Å². The Kier molecular flexibility index (Phi) is 4.55. The van der Waals surface area contributed by atoms with Crippen molar-refractivity contribution in [2.24, 2.45) is 5.73 Å². The molecular formula is C17H21ClN2O. The smallest absolute Gasteiger partial charge is 0.238 e. The Hall–Kier alpha value is -1.58. The Morgan fingerprint density at radius 2 is 1.95 bits per heavy atom. The summed E-state index contributed by atoms with van der Waals surface area (Å²) in [6, 6.07) is 7.95. The Morgan fingerprint density at radius 3 is 2.48 bits per heavy atom. The number of nitrogens with zero attached hydrogens (tertiary/aromatic N) is 1. The molecule has 1 heterocycles. The van der Waals surface area contributed by atoms with Crippen LogP contribution in [0.2, 0.25) is 5.02 Å². The molecule has 0 spiro atoms. The predicted molar refractivity (Wildman–Crippen MR) is 87.1 cm³/mol. The summed E-state index contributed by atoms with van der Waals surface area (Å²) in [4.78, 5) is 4.22. The Morgan fingerprint density at radius 1 is 1.24 bits per heavy atom. The van der Waals surface area contributed by atoms with E-state index >= 15 is 0 Å². The third-order valence-electron chi connectivity index (χ3n) is 3.35. The summed E-state index contributed by atoms with van der Waals surface area (Å²) in [6.07, 6.45) is 1.68. The number of aromatic nitrogens is 1. The van der Waals surface area contributed by atoms with Gasteiger partial charge in [0.2, 0.25) is 5.88 Å². The van der Waals surface area contributed by atoms with Gasteiger partial charge in [-0.25, -0.2) is 4.98 Å². The van der Waals surface area contributed by atoms with Crippen molar-refractivity contribution in [3.8, 4) is 11.6 Å². The molecule has 1 aromatic carbocycles. The first-order chi connectivity index (χ1) is 9.81. The van der Waals surface area contributed by atoms with E-state index in [9.17, 15) is 0 Å². The van der Waals surface area contributed by atoms with E-state index in [2.05, 4.69) is 37.9 Å². The van der Waals surface area contributed by atoms with E-state index in [1.807, 2.05) is 13.0 Å². The number of hydrogen-bond donors (Lipinski definition) is 1. The van der Waals surface area contributed by atoms with E-state index in [0.29, 0.717) is 17.4 Å². The van der Waals surface area contributed by atoms with E-state index in [1.54, 1.807) is 12.3 Å². The fourth-order valence-electron chi connectivity index (χ4n) is 1.99. The van der Waals surface area contributed by atoms with E-state index < -0.39 is 0 Å². The van der Waals surface area contributed by atoms with Gasteiger partial charge in [0.1, 0.15) is 10.8 Å². The molecule has 0 radical (unpaired) electrons. The molecule has 4 heteroatoms. The van der Waals surface area contributed by atoms with Crippen molar-refractivity contribution in [3.05, 3.63) is 52.2 Å². The molecule has 2 aromatic rings. The zero-order valence-electron chi connectivity index (χ0n) is 12.9. The van der Waals surface area contributed by atoms with E-state index in [4.69, 9.17) is 22.1 Å². The number of halogens is 1. The highest BCUT2D eigenvalue weighted by Gasteiger charge is 2.15. The summed E-state index contributed by atoms with van der Waals surface area (Å²) < 4.78 is 5.82. The Bertz CT molecular complexity index is 648. The Balaban J connectivity index is 2.28. The molecular weight excluding hydrogens is 284 g/mol. The third-order valence-corrected chi connectivity index (χ3v) is 3.62. The molecule has 0 atom stereocenters. The van der Waals surface area contributed by atoms with Crippen molar-refractivity contribution >= 4 is 11.6 Å². The number of pyridine rings is 1. The first-order valence-electron chi connectivity index (χ1n) is 6.94. The lowest BCUT2D eigenvalue weighted by atomic mass is 9.86. The van der Waals surface area contributed by atoms with Gasteiger partial charge in [0.15, 0.2) is 0 Å². The number of aryl methyl sites for hydroxylation is 1. The normalized spacial score (nSPS) is 11.5. The molecule has 2 rings (SSSR count). The number of nitrogens with two attached hydrogens (primary N) is 1. The van der Waals surface area contributed by atoms with Crippen molar-refractivity contribution in [3.63, 3.8) is 0 Å². The second-order valence-electron chi connectivity index (χ2n) is 6.17. The summed E-state index contributed by atoms with van der Waals surface area (Å²) in [5.74, 6) is 1.17. The maximum absolute atomic E-state index is 6.17. The highest BCUT2D eigenvalue weighted by molar-refractivity contribution is 6.31. The minimum atomic E-state index is 0.113. The van der Waals surface area contributed by atoms with Gasteiger partial charge in [-0.2, -0.15) is 0 Å². The van der Waals surface area contributed by atoms with Crippen LogP contribution in [0, 0.1) is 6.92 Å². The van der Waals surface area contributed by atoms with Gasteiger partial charge in [0, 0.05) is 12.7 Å². The molecule has 112 valence electrons. The summed E-state index contributed by atoms with van der Waals surface area (Å²) in [5.41, 5.74) is 8.88. The molecule has 21 heavy (non-hydrogen) atoms. The summed E-state index contributed by atoms with van der Waals surface area (Å²) in [5, 5.41) is 0.470. The van der Waals surface area contributed by atoms with Crippen LogP contribution in [0.5, 0.6) is 11.6 Å². The summed E-state index contributed by atoms with van der Waals surface area (Å²) >= 11 is 6.17. The van der Waals surface area contributed by atoms with E-state index in [0.717, 1.165) is 16.9 Å². The van der Waals surface area contributed by atoms with Gasteiger partial charge in [0.05, 0.1) is 0 Å². The average molecular weight is 305 g/mol. The first kappa shape index (κ1) is 15.8. The second kappa shape index (κ2) is 6.04. The molecule has 0 fully saturated rings. The SMILES string of the molecule is Cc1cc(C(C)(C)C)ccc1Oc1ncc(CN)cc1Cl. The largest absolute Gasteiger partial charge is 0.437 e. The zero-order chi connectivity index (χ0) is 15.6. The molecule has 2 N–H and O–H groups in total. The molecule has 0 aliphatic heterocycles. The molecule has 0 aliphatic carbocycles. The minimum Gasteiger partial charge on any atom is -0.437 e. The fourth-order valence-corrected chi connectivity index (χ4v) is 2.21. The molecule has 0 amide bonds. The van der Waals surface area contributed by atoms with Crippen molar-refractivity contribution in [2.45, 2.75) is 39.7 Å². The van der Waals surface area contributed by atoms with Gasteiger partial charge in [-0.3, -0.25) is 0 Å². The average Bonchev–Trinajstić information content (AvgIpc) is 2.41. The highest BCUT2D eigenvalue weighted by atomic mass is 35.5. The quantitative estimate of drug-likeness (QED) is 0.902. The van der Waals surface area contributed by atoms with Crippen LogP contribution in [0.1, 0.15) is 37.5 Å². The highest BCUT2D eigenvalue weighted by Crippen LogP contribution is 2.32. The third kappa shape index (κ3) is 3.74. The Labute approximate surface area is 131 Å². The van der Waals surface area contributed by atoms with Gasteiger partial charge >= 0.3 is 0 Å². The first-order valence-corrected chi connectivity index (χ1v) is 7.32. The summed E-state index contributed by atoms with van der Waals surface area (Å²) in [6.45, 7) is 8.99. The van der Waals surface area contributed by atoms with Crippen LogP contribution in [-0.4, -0.2) is 4.98 Å². The van der Waals surface area contributed by atoms with Crippen molar-refractivity contribution in [1.82, 2.24) is 4.98 Å². The summed E-state index contributed by atoms with van der Waals surface area (Å²) in [7, 11) is 0. The van der Waals surface area contributed by atoms with Crippen LogP contribution in [0.4, 0.5) is 0 Å². The van der Waals surface area contributed by atoms with Crippen LogP contribution in [0.25, 0.3) is 0 Å². The second-order valence-corrected chi connectivity index (χ2v) is 6.57. The fraction of sp³-hybridized carbons (Fsp3) is 0.353. The van der Waals surface area contributed by atoms with Crippen LogP contribution >= 0.6 is 11.6 Å². The molecule has 0 aliphatic rings. The molecule has 0 bridgehead atoms. The van der Waals surface area contributed by atoms with Gasteiger partial charge in [0.25, 0.3) is 0 Å². The lowest BCUT2D eigenvalue weighted by Gasteiger charge is -2.20. The van der Waals surface area contributed by atoms with Gasteiger partial charge in [-0.05, 0) is 41.2 Å². The topological polar surface area (TPSA) is 48.1 Å². The van der Waals surface area contributed by atoms with Gasteiger partial charge in [-0.15, -0.1) is 0 Å². The maximum Gasteiger partial charge on any atom is 0.238 e. The van der Waals surface area contributed by atoms with Crippen molar-refractivity contribution < 1.29 is 4.74 Å². The standard InChI is InChI=1S/C17H21ClN2O/c1-11-7-13(17(2,3)4)5-6-15(11)21-16-14(18)8-12(9-19)10-20-16/h5-8,10H,9,19H2,1-4H3. The van der Waals surface area contributed by atoms with Crippen molar-refractivity contribution in [1.29, 1.82) is 0 Å². The lowest BCUT2D eigenvalue weighted by Crippen LogP contribution is -2.11. The number of hydrogen-bond acceptors (Lipinski definition) is 3. The maximum atomic E-state index is 6.17. The van der Waals surface area contributed by atoms with Gasteiger partial charge < -0.3 is 10.5 Å². The van der Waals surface area contributed by atoms with Crippen LogP contribution in [-0.2, 0) is 12.0 Å². The van der Waals surface area contributed by atoms with E-state index in [-0.39, 0.29) is 5.41 Å². The minimum absolute atomic E-state index is 0.113. The monoisotopic (exact) mass is 304 g/mol. The van der Waals surface area contributed by atoms with Crippen LogP contribution in [0.15, 0.2) is 30.5 Å². The van der Waals surface area contributed by atoms with Crippen LogP contribution in [0.3, 0.4) is 0 Å². The van der Waals surface area contributed by atoms with Crippen molar-refractivity contribution in [2.75, 3.05) is 0 Å². The molecule has 0 unspecified atom stereocenters. The molecule has 1 aromatic heterocycles.